The Morgan fingerprint density at radius 1 is 1.26 bits per heavy atom. The lowest BCUT2D eigenvalue weighted by Crippen LogP contribution is -2.43. The molecule has 1 saturated heterocycles. The topological polar surface area (TPSA) is 75.7 Å². The Balaban J connectivity index is 1.74. The number of rotatable bonds is 7. The van der Waals surface area contributed by atoms with Crippen molar-refractivity contribution >= 4 is 21.6 Å². The van der Waals surface area contributed by atoms with E-state index in [-0.39, 0.29) is 22.2 Å². The quantitative estimate of drug-likeness (QED) is 0.693. The number of hydrogen-bond acceptors (Lipinski definition) is 4. The number of ether oxygens (including phenoxy) is 1. The third-order valence-electron chi connectivity index (χ3n) is 5.89. The number of anilines is 1. The Kier molecular flexibility index (Phi) is 7.46. The molecule has 0 spiro atoms. The number of piperidine rings is 1. The molecule has 2 aromatic rings. The minimum absolute atomic E-state index is 0.0954. The van der Waals surface area contributed by atoms with Gasteiger partial charge >= 0.3 is 0 Å². The van der Waals surface area contributed by atoms with Crippen molar-refractivity contribution in [1.29, 1.82) is 0 Å². The van der Waals surface area contributed by atoms with Crippen LogP contribution < -0.4 is 5.32 Å². The number of halogens is 1. The summed E-state index contributed by atoms with van der Waals surface area (Å²) in [6.07, 6.45) is 1.71. The molecule has 1 fully saturated rings. The average molecular weight is 449 g/mol. The summed E-state index contributed by atoms with van der Waals surface area (Å²) in [4.78, 5) is 12.7. The third-order valence-corrected chi connectivity index (χ3v) is 7.75. The van der Waals surface area contributed by atoms with Crippen molar-refractivity contribution < 1.29 is 22.3 Å². The summed E-state index contributed by atoms with van der Waals surface area (Å²) in [5.41, 5.74) is 1.09. The summed E-state index contributed by atoms with van der Waals surface area (Å²) in [5.74, 6) is -0.143. The van der Waals surface area contributed by atoms with E-state index < -0.39 is 15.9 Å². The fourth-order valence-electron chi connectivity index (χ4n) is 3.94. The van der Waals surface area contributed by atoms with Crippen LogP contribution in [0.3, 0.4) is 0 Å². The standard InChI is InChI=1S/C23H29FN2O4S/c1-16-13-20(7-8-22(16)24)25-23(27)19-5-4-6-21(14-19)31(28,29)26-11-9-18(10-12-30-3)17(2)15-26/h4-8,13-14,17-18H,9-12,15H2,1-3H3,(H,25,27). The minimum Gasteiger partial charge on any atom is -0.385 e. The number of carbonyl (C=O) groups excluding carboxylic acids is 1. The van der Waals surface area contributed by atoms with E-state index in [0.29, 0.717) is 36.9 Å². The van der Waals surface area contributed by atoms with Crippen LogP contribution in [0.15, 0.2) is 47.4 Å². The lowest BCUT2D eigenvalue weighted by Gasteiger charge is -2.36. The van der Waals surface area contributed by atoms with Crippen molar-refractivity contribution in [3.63, 3.8) is 0 Å². The molecule has 2 unspecified atom stereocenters. The normalized spacial score (nSPS) is 19.9. The number of aryl methyl sites for hydroxylation is 1. The van der Waals surface area contributed by atoms with E-state index >= 15 is 0 Å². The molecule has 1 heterocycles. The minimum atomic E-state index is -3.71. The molecular formula is C23H29FN2O4S. The van der Waals surface area contributed by atoms with E-state index in [0.717, 1.165) is 12.8 Å². The second kappa shape index (κ2) is 9.89. The highest BCUT2D eigenvalue weighted by molar-refractivity contribution is 7.89. The maximum atomic E-state index is 13.4. The fraction of sp³-hybridized carbons (Fsp3) is 0.435. The van der Waals surface area contributed by atoms with Crippen LogP contribution in [0.25, 0.3) is 0 Å². The van der Waals surface area contributed by atoms with Gasteiger partial charge in [0.15, 0.2) is 0 Å². The van der Waals surface area contributed by atoms with E-state index in [9.17, 15) is 17.6 Å². The average Bonchev–Trinajstić information content (AvgIpc) is 2.75. The molecule has 0 bridgehead atoms. The number of sulfonamides is 1. The third kappa shape index (κ3) is 5.50. The molecule has 0 aliphatic carbocycles. The number of carbonyl (C=O) groups is 1. The van der Waals surface area contributed by atoms with Gasteiger partial charge in [-0.15, -0.1) is 0 Å². The maximum Gasteiger partial charge on any atom is 0.255 e. The molecule has 1 amide bonds. The van der Waals surface area contributed by atoms with Crippen LogP contribution in [0.4, 0.5) is 10.1 Å². The van der Waals surface area contributed by atoms with Gasteiger partial charge in [-0.3, -0.25) is 4.79 Å². The van der Waals surface area contributed by atoms with Crippen molar-refractivity contribution in [1.82, 2.24) is 4.31 Å². The van der Waals surface area contributed by atoms with E-state index in [1.807, 2.05) is 0 Å². The van der Waals surface area contributed by atoms with Crippen LogP contribution in [-0.4, -0.2) is 45.4 Å². The Hall–Kier alpha value is -2.29. The fourth-order valence-corrected chi connectivity index (χ4v) is 5.55. The highest BCUT2D eigenvalue weighted by Gasteiger charge is 2.33. The first-order chi connectivity index (χ1) is 14.7. The second-order valence-electron chi connectivity index (χ2n) is 8.12. The van der Waals surface area contributed by atoms with Gasteiger partial charge in [-0.25, -0.2) is 12.8 Å². The van der Waals surface area contributed by atoms with Crippen molar-refractivity contribution in [2.45, 2.75) is 31.6 Å². The Morgan fingerprint density at radius 2 is 2.03 bits per heavy atom. The summed E-state index contributed by atoms with van der Waals surface area (Å²) < 4.78 is 46.5. The van der Waals surface area contributed by atoms with Gasteiger partial charge in [-0.05, 0) is 73.6 Å². The van der Waals surface area contributed by atoms with Gasteiger partial charge in [0.1, 0.15) is 5.82 Å². The molecule has 2 aromatic carbocycles. The predicted octanol–water partition coefficient (Wildman–Crippen LogP) is 4.07. The van der Waals surface area contributed by atoms with Crippen LogP contribution in [-0.2, 0) is 14.8 Å². The molecule has 1 aliphatic heterocycles. The van der Waals surface area contributed by atoms with Gasteiger partial charge in [0.25, 0.3) is 5.91 Å². The highest BCUT2D eigenvalue weighted by Crippen LogP contribution is 2.30. The first-order valence-corrected chi connectivity index (χ1v) is 11.8. The largest absolute Gasteiger partial charge is 0.385 e. The van der Waals surface area contributed by atoms with Crippen molar-refractivity contribution in [2.75, 3.05) is 32.1 Å². The Morgan fingerprint density at radius 3 is 2.71 bits per heavy atom. The van der Waals surface area contributed by atoms with Crippen LogP contribution in [0.2, 0.25) is 0 Å². The SMILES string of the molecule is COCCC1CCN(S(=O)(=O)c2cccc(C(=O)Nc3ccc(F)c(C)c3)c2)CC1C. The lowest BCUT2D eigenvalue weighted by atomic mass is 9.86. The first-order valence-electron chi connectivity index (χ1n) is 10.4. The smallest absolute Gasteiger partial charge is 0.255 e. The van der Waals surface area contributed by atoms with E-state index in [1.54, 1.807) is 26.2 Å². The van der Waals surface area contributed by atoms with E-state index in [4.69, 9.17) is 4.74 Å². The predicted molar refractivity (Wildman–Crippen MR) is 118 cm³/mol. The summed E-state index contributed by atoms with van der Waals surface area (Å²) in [5, 5.41) is 2.69. The number of benzene rings is 2. The highest BCUT2D eigenvalue weighted by atomic mass is 32.2. The molecule has 0 radical (unpaired) electrons. The van der Waals surface area contributed by atoms with Gasteiger partial charge < -0.3 is 10.1 Å². The molecular weight excluding hydrogens is 419 g/mol. The molecule has 6 nitrogen and oxygen atoms in total. The number of amides is 1. The summed E-state index contributed by atoms with van der Waals surface area (Å²) in [6.45, 7) is 5.25. The molecule has 0 aromatic heterocycles. The zero-order valence-corrected chi connectivity index (χ0v) is 18.9. The molecule has 3 rings (SSSR count). The summed E-state index contributed by atoms with van der Waals surface area (Å²) in [6, 6.07) is 10.3. The monoisotopic (exact) mass is 448 g/mol. The van der Waals surface area contributed by atoms with Crippen LogP contribution in [0, 0.1) is 24.6 Å². The molecule has 31 heavy (non-hydrogen) atoms. The number of nitrogens with zero attached hydrogens (tertiary/aromatic N) is 1. The number of methoxy groups -OCH3 is 1. The van der Waals surface area contributed by atoms with Gasteiger partial charge in [-0.2, -0.15) is 4.31 Å². The Labute approximate surface area is 183 Å². The maximum absolute atomic E-state index is 13.4. The number of nitrogens with one attached hydrogen (secondary N) is 1. The van der Waals surface area contributed by atoms with Gasteiger partial charge in [-0.1, -0.05) is 13.0 Å². The first kappa shape index (κ1) is 23.4. The van der Waals surface area contributed by atoms with Crippen LogP contribution in [0.1, 0.15) is 35.7 Å². The zero-order valence-electron chi connectivity index (χ0n) is 18.1. The lowest BCUT2D eigenvalue weighted by molar-refractivity contribution is 0.102. The van der Waals surface area contributed by atoms with E-state index in [1.165, 1.54) is 34.6 Å². The van der Waals surface area contributed by atoms with Gasteiger partial charge in [0.2, 0.25) is 10.0 Å². The molecule has 1 N–H and O–H groups in total. The molecule has 8 heteroatoms. The Bertz CT molecular complexity index is 1040. The van der Waals surface area contributed by atoms with Gasteiger partial charge in [0.05, 0.1) is 4.90 Å². The molecule has 1 aliphatic rings. The van der Waals surface area contributed by atoms with Crippen LogP contribution in [0.5, 0.6) is 0 Å². The van der Waals surface area contributed by atoms with Gasteiger partial charge in [0, 0.05) is 38.1 Å². The number of hydrogen-bond donors (Lipinski definition) is 1. The van der Waals surface area contributed by atoms with Crippen molar-refractivity contribution in [3.05, 3.63) is 59.4 Å². The summed E-state index contributed by atoms with van der Waals surface area (Å²) in [7, 11) is -2.04. The molecule has 0 saturated carbocycles. The molecule has 2 atom stereocenters. The molecule has 168 valence electrons. The van der Waals surface area contributed by atoms with Crippen molar-refractivity contribution in [2.24, 2.45) is 11.8 Å². The van der Waals surface area contributed by atoms with Crippen LogP contribution >= 0.6 is 0 Å². The van der Waals surface area contributed by atoms with E-state index in [2.05, 4.69) is 12.2 Å². The van der Waals surface area contributed by atoms with Crippen molar-refractivity contribution in [3.8, 4) is 0 Å². The summed E-state index contributed by atoms with van der Waals surface area (Å²) >= 11 is 0. The second-order valence-corrected chi connectivity index (χ2v) is 10.1. The zero-order chi connectivity index (χ0) is 22.6.